The van der Waals surface area contributed by atoms with E-state index in [1.165, 1.54) is 0 Å². The smallest absolute Gasteiger partial charge is 0.304 e. The Hall–Kier alpha value is -2.66. The first-order valence-electron chi connectivity index (χ1n) is 8.93. The van der Waals surface area contributed by atoms with Crippen molar-refractivity contribution in [2.24, 2.45) is 5.92 Å². The SMILES string of the molecule is O=C(O)CCN1CCC[C@H](C(=O)c2ccc(Oc3ccccc3)cc2)C1. The minimum Gasteiger partial charge on any atom is -0.481 e. The number of piperidine rings is 1. The predicted molar refractivity (Wildman–Crippen MR) is 98.7 cm³/mol. The number of carboxylic acid groups (broad SMARTS) is 1. The van der Waals surface area contributed by atoms with E-state index >= 15 is 0 Å². The van der Waals surface area contributed by atoms with E-state index in [1.54, 1.807) is 12.1 Å². The number of carboxylic acids is 1. The summed E-state index contributed by atoms with van der Waals surface area (Å²) in [5.41, 5.74) is 0.676. The Morgan fingerprint density at radius 3 is 2.42 bits per heavy atom. The van der Waals surface area contributed by atoms with E-state index in [0.717, 1.165) is 25.1 Å². The number of aliphatic carboxylic acids is 1. The van der Waals surface area contributed by atoms with Gasteiger partial charge in [-0.05, 0) is 55.8 Å². The van der Waals surface area contributed by atoms with Crippen molar-refractivity contribution in [3.05, 3.63) is 60.2 Å². The highest BCUT2D eigenvalue weighted by Crippen LogP contribution is 2.24. The summed E-state index contributed by atoms with van der Waals surface area (Å²) in [5, 5.41) is 8.82. The van der Waals surface area contributed by atoms with Crippen LogP contribution in [0.5, 0.6) is 11.5 Å². The summed E-state index contributed by atoms with van der Waals surface area (Å²) in [6.45, 7) is 2.00. The Kier molecular flexibility index (Phi) is 6.02. The van der Waals surface area contributed by atoms with Gasteiger partial charge in [-0.25, -0.2) is 0 Å². The van der Waals surface area contributed by atoms with Crippen LogP contribution in [-0.2, 0) is 4.79 Å². The summed E-state index contributed by atoms with van der Waals surface area (Å²) in [5.74, 6) is 0.703. The van der Waals surface area contributed by atoms with Gasteiger partial charge in [0, 0.05) is 24.6 Å². The number of Topliss-reactive ketones (excluding diaryl/α,β-unsaturated/α-hetero) is 1. The molecule has 0 aromatic heterocycles. The van der Waals surface area contributed by atoms with Crippen molar-refractivity contribution in [3.8, 4) is 11.5 Å². The molecule has 0 amide bonds. The maximum Gasteiger partial charge on any atom is 0.304 e. The molecule has 0 saturated carbocycles. The summed E-state index contributed by atoms with van der Waals surface area (Å²) in [4.78, 5) is 25.6. The molecular formula is C21H23NO4. The van der Waals surface area contributed by atoms with Gasteiger partial charge in [-0.3, -0.25) is 9.59 Å². The average molecular weight is 353 g/mol. The highest BCUT2D eigenvalue weighted by molar-refractivity contribution is 5.98. The quantitative estimate of drug-likeness (QED) is 0.766. The van der Waals surface area contributed by atoms with Crippen molar-refractivity contribution in [1.82, 2.24) is 4.90 Å². The molecule has 1 fully saturated rings. The summed E-state index contributed by atoms with van der Waals surface area (Å²) in [6, 6.07) is 16.7. The first-order valence-corrected chi connectivity index (χ1v) is 8.93. The van der Waals surface area contributed by atoms with E-state index in [2.05, 4.69) is 4.90 Å². The number of hydrogen-bond acceptors (Lipinski definition) is 4. The molecule has 5 heteroatoms. The first kappa shape index (κ1) is 18.1. The lowest BCUT2D eigenvalue weighted by Crippen LogP contribution is -2.39. The third kappa shape index (κ3) is 4.92. The van der Waals surface area contributed by atoms with Crippen molar-refractivity contribution in [2.75, 3.05) is 19.6 Å². The number of likely N-dealkylation sites (tertiary alicyclic amines) is 1. The average Bonchev–Trinajstić information content (AvgIpc) is 2.67. The third-order valence-electron chi connectivity index (χ3n) is 4.64. The fourth-order valence-corrected chi connectivity index (χ4v) is 3.27. The fraction of sp³-hybridized carbons (Fsp3) is 0.333. The maximum atomic E-state index is 12.8. The summed E-state index contributed by atoms with van der Waals surface area (Å²) >= 11 is 0. The van der Waals surface area contributed by atoms with Gasteiger partial charge in [0.15, 0.2) is 5.78 Å². The standard InChI is InChI=1S/C21H23NO4/c23-20(24)12-14-22-13-4-5-17(15-22)21(25)16-8-10-19(11-9-16)26-18-6-2-1-3-7-18/h1-3,6-11,17H,4-5,12-15H2,(H,23,24)/t17-/m0/s1. The van der Waals surface area contributed by atoms with Crippen LogP contribution in [0.25, 0.3) is 0 Å². The second-order valence-corrected chi connectivity index (χ2v) is 6.59. The van der Waals surface area contributed by atoms with Gasteiger partial charge in [0.25, 0.3) is 0 Å². The third-order valence-corrected chi connectivity index (χ3v) is 4.64. The molecule has 1 aliphatic rings. The molecule has 1 aliphatic heterocycles. The Morgan fingerprint density at radius 2 is 1.73 bits per heavy atom. The van der Waals surface area contributed by atoms with Crippen LogP contribution < -0.4 is 4.74 Å². The number of carbonyl (C=O) groups is 2. The number of ether oxygens (including phenoxy) is 1. The van der Waals surface area contributed by atoms with E-state index in [9.17, 15) is 9.59 Å². The van der Waals surface area contributed by atoms with Crippen molar-refractivity contribution in [3.63, 3.8) is 0 Å². The van der Waals surface area contributed by atoms with E-state index < -0.39 is 5.97 Å². The van der Waals surface area contributed by atoms with E-state index in [-0.39, 0.29) is 18.1 Å². The molecule has 1 saturated heterocycles. The lowest BCUT2D eigenvalue weighted by atomic mass is 9.90. The number of benzene rings is 2. The van der Waals surface area contributed by atoms with Crippen molar-refractivity contribution < 1.29 is 19.4 Å². The molecular weight excluding hydrogens is 330 g/mol. The molecule has 5 nitrogen and oxygen atoms in total. The molecule has 3 rings (SSSR count). The van der Waals surface area contributed by atoms with Gasteiger partial charge >= 0.3 is 5.97 Å². The van der Waals surface area contributed by atoms with Crippen LogP contribution in [0.15, 0.2) is 54.6 Å². The van der Waals surface area contributed by atoms with Gasteiger partial charge in [-0.2, -0.15) is 0 Å². The number of carbonyl (C=O) groups excluding carboxylic acids is 1. The van der Waals surface area contributed by atoms with Crippen LogP contribution in [0.3, 0.4) is 0 Å². The van der Waals surface area contributed by atoms with Crippen molar-refractivity contribution in [2.45, 2.75) is 19.3 Å². The minimum atomic E-state index is -0.799. The van der Waals surface area contributed by atoms with Crippen LogP contribution >= 0.6 is 0 Å². The molecule has 136 valence electrons. The molecule has 1 N–H and O–H groups in total. The largest absolute Gasteiger partial charge is 0.481 e. The monoisotopic (exact) mass is 353 g/mol. The van der Waals surface area contributed by atoms with E-state index in [0.29, 0.717) is 24.4 Å². The molecule has 0 unspecified atom stereocenters. The van der Waals surface area contributed by atoms with Crippen LogP contribution in [-0.4, -0.2) is 41.4 Å². The van der Waals surface area contributed by atoms with Gasteiger partial charge in [-0.15, -0.1) is 0 Å². The Balaban J connectivity index is 1.59. The molecule has 26 heavy (non-hydrogen) atoms. The Morgan fingerprint density at radius 1 is 1.04 bits per heavy atom. The molecule has 0 bridgehead atoms. The zero-order chi connectivity index (χ0) is 18.4. The topological polar surface area (TPSA) is 66.8 Å². The molecule has 1 heterocycles. The fourth-order valence-electron chi connectivity index (χ4n) is 3.27. The van der Waals surface area contributed by atoms with E-state index in [1.807, 2.05) is 42.5 Å². The second kappa shape index (κ2) is 8.63. The molecule has 1 atom stereocenters. The summed E-state index contributed by atoms with van der Waals surface area (Å²) in [6.07, 6.45) is 1.89. The number of nitrogens with zero attached hydrogens (tertiary/aromatic N) is 1. The number of ketones is 1. The first-order chi connectivity index (χ1) is 12.6. The molecule has 0 radical (unpaired) electrons. The normalized spacial score (nSPS) is 17.6. The number of hydrogen-bond donors (Lipinski definition) is 1. The highest BCUT2D eigenvalue weighted by Gasteiger charge is 2.26. The molecule has 2 aromatic carbocycles. The predicted octanol–water partition coefficient (Wildman–Crippen LogP) is 3.85. The lowest BCUT2D eigenvalue weighted by molar-refractivity contribution is -0.137. The van der Waals surface area contributed by atoms with E-state index in [4.69, 9.17) is 9.84 Å². The van der Waals surface area contributed by atoms with Gasteiger partial charge in [0.05, 0.1) is 6.42 Å². The summed E-state index contributed by atoms with van der Waals surface area (Å²) in [7, 11) is 0. The number of para-hydroxylation sites is 1. The molecule has 0 spiro atoms. The van der Waals surface area contributed by atoms with Crippen LogP contribution in [0.1, 0.15) is 29.6 Å². The van der Waals surface area contributed by atoms with Crippen LogP contribution in [0.2, 0.25) is 0 Å². The van der Waals surface area contributed by atoms with Crippen molar-refractivity contribution >= 4 is 11.8 Å². The molecule has 0 aliphatic carbocycles. The summed E-state index contributed by atoms with van der Waals surface area (Å²) < 4.78 is 5.75. The van der Waals surface area contributed by atoms with Gasteiger partial charge < -0.3 is 14.7 Å². The zero-order valence-electron chi connectivity index (χ0n) is 14.6. The van der Waals surface area contributed by atoms with Crippen LogP contribution in [0.4, 0.5) is 0 Å². The second-order valence-electron chi connectivity index (χ2n) is 6.59. The van der Waals surface area contributed by atoms with Crippen LogP contribution in [0, 0.1) is 5.92 Å². The zero-order valence-corrected chi connectivity index (χ0v) is 14.6. The maximum absolute atomic E-state index is 12.8. The number of rotatable bonds is 7. The van der Waals surface area contributed by atoms with Gasteiger partial charge in [0.1, 0.15) is 11.5 Å². The Bertz CT molecular complexity index is 742. The highest BCUT2D eigenvalue weighted by atomic mass is 16.5. The van der Waals surface area contributed by atoms with Gasteiger partial charge in [-0.1, -0.05) is 18.2 Å². The Labute approximate surface area is 153 Å². The lowest BCUT2D eigenvalue weighted by Gasteiger charge is -2.31. The molecule has 2 aromatic rings. The van der Waals surface area contributed by atoms with Crippen molar-refractivity contribution in [1.29, 1.82) is 0 Å². The minimum absolute atomic E-state index is 0.0709. The van der Waals surface area contributed by atoms with Gasteiger partial charge in [0.2, 0.25) is 0 Å².